The van der Waals surface area contributed by atoms with E-state index >= 15 is 0 Å². The third kappa shape index (κ3) is 4.19. The van der Waals surface area contributed by atoms with Crippen molar-refractivity contribution >= 4 is 23.2 Å². The van der Waals surface area contributed by atoms with Crippen LogP contribution in [0.3, 0.4) is 0 Å². The number of hydrogen-bond donors (Lipinski definition) is 2. The average Bonchev–Trinajstić information content (AvgIpc) is 2.46. The van der Waals surface area contributed by atoms with Crippen LogP contribution in [0, 0.1) is 12.8 Å². The van der Waals surface area contributed by atoms with E-state index in [2.05, 4.69) is 17.1 Å². The number of likely N-dealkylation sites (tertiary alicyclic amines) is 1. The number of nitrogens with zero attached hydrogens (tertiary/aromatic N) is 1. The number of amides is 1. The van der Waals surface area contributed by atoms with Crippen molar-refractivity contribution in [1.29, 1.82) is 0 Å². The van der Waals surface area contributed by atoms with E-state index in [1.165, 1.54) is 0 Å². The topological polar surface area (TPSA) is 58.4 Å². The monoisotopic (exact) mass is 309 g/mol. The fourth-order valence-electron chi connectivity index (χ4n) is 2.84. The fraction of sp³-hybridized carbons (Fsp3) is 0.562. The predicted molar refractivity (Wildman–Crippen MR) is 87.6 cm³/mol. The van der Waals surface area contributed by atoms with Gasteiger partial charge in [0.05, 0.1) is 6.54 Å². The average molecular weight is 310 g/mol. The molecule has 2 atom stereocenters. The molecule has 1 aliphatic heterocycles. The van der Waals surface area contributed by atoms with Crippen molar-refractivity contribution in [2.75, 3.05) is 25.0 Å². The molecule has 0 radical (unpaired) electrons. The number of rotatable bonds is 4. The Labute approximate surface area is 131 Å². The molecule has 0 aromatic heterocycles. The molecular weight excluding hydrogens is 286 g/mol. The summed E-state index contributed by atoms with van der Waals surface area (Å²) >= 11 is 6.07. The molecule has 0 bridgehead atoms. The van der Waals surface area contributed by atoms with Gasteiger partial charge in [-0.15, -0.1) is 0 Å². The van der Waals surface area contributed by atoms with E-state index < -0.39 is 0 Å². The van der Waals surface area contributed by atoms with Crippen molar-refractivity contribution in [3.8, 4) is 0 Å². The molecule has 3 N–H and O–H groups in total. The first-order chi connectivity index (χ1) is 10.0. The molecule has 5 heteroatoms. The highest BCUT2D eigenvalue weighted by Gasteiger charge is 2.26. The largest absolute Gasteiger partial charge is 0.327 e. The minimum absolute atomic E-state index is 0.00527. The standard InChI is InChI=1S/C16H24ClN3O/c1-3-12-9-20(8-7-14(12)18)10-16(21)19-15-6-4-5-13(17)11(15)2/h4-6,12,14H,3,7-10,18H2,1-2H3,(H,19,21). The van der Waals surface area contributed by atoms with Gasteiger partial charge in [-0.25, -0.2) is 0 Å². The van der Waals surface area contributed by atoms with Crippen LogP contribution in [-0.2, 0) is 4.79 Å². The van der Waals surface area contributed by atoms with E-state index in [-0.39, 0.29) is 11.9 Å². The van der Waals surface area contributed by atoms with Crippen molar-refractivity contribution in [3.05, 3.63) is 28.8 Å². The molecule has 21 heavy (non-hydrogen) atoms. The van der Waals surface area contributed by atoms with Gasteiger partial charge < -0.3 is 11.1 Å². The van der Waals surface area contributed by atoms with Gasteiger partial charge in [0.25, 0.3) is 0 Å². The van der Waals surface area contributed by atoms with Gasteiger partial charge in [-0.05, 0) is 37.0 Å². The zero-order chi connectivity index (χ0) is 15.4. The van der Waals surface area contributed by atoms with E-state index in [9.17, 15) is 4.79 Å². The Morgan fingerprint density at radius 3 is 3.00 bits per heavy atom. The highest BCUT2D eigenvalue weighted by molar-refractivity contribution is 6.31. The molecule has 0 saturated carbocycles. The third-order valence-electron chi connectivity index (χ3n) is 4.31. The van der Waals surface area contributed by atoms with E-state index in [0.29, 0.717) is 17.5 Å². The summed E-state index contributed by atoms with van der Waals surface area (Å²) < 4.78 is 0. The Balaban J connectivity index is 1.91. The smallest absolute Gasteiger partial charge is 0.238 e. The van der Waals surface area contributed by atoms with Crippen molar-refractivity contribution in [3.63, 3.8) is 0 Å². The van der Waals surface area contributed by atoms with Gasteiger partial charge >= 0.3 is 0 Å². The summed E-state index contributed by atoms with van der Waals surface area (Å²) in [7, 11) is 0. The summed E-state index contributed by atoms with van der Waals surface area (Å²) in [6.45, 7) is 6.27. The number of piperidine rings is 1. The Hall–Kier alpha value is -1.10. The Morgan fingerprint density at radius 2 is 2.29 bits per heavy atom. The Kier molecular flexibility index (Phi) is 5.62. The number of nitrogens with two attached hydrogens (primary N) is 1. The molecule has 2 unspecified atom stereocenters. The minimum Gasteiger partial charge on any atom is -0.327 e. The highest BCUT2D eigenvalue weighted by Crippen LogP contribution is 2.23. The summed E-state index contributed by atoms with van der Waals surface area (Å²) in [5.74, 6) is 0.491. The molecule has 4 nitrogen and oxygen atoms in total. The Morgan fingerprint density at radius 1 is 1.52 bits per heavy atom. The molecule has 1 amide bonds. The lowest BCUT2D eigenvalue weighted by atomic mass is 9.91. The van der Waals surface area contributed by atoms with Crippen LogP contribution in [0.2, 0.25) is 5.02 Å². The summed E-state index contributed by atoms with van der Waals surface area (Å²) in [5, 5.41) is 3.62. The quantitative estimate of drug-likeness (QED) is 0.899. The first-order valence-electron chi connectivity index (χ1n) is 7.54. The number of halogens is 1. The summed E-state index contributed by atoms with van der Waals surface area (Å²) in [6, 6.07) is 5.81. The number of carbonyl (C=O) groups is 1. The van der Waals surface area contributed by atoms with Gasteiger partial charge in [-0.1, -0.05) is 31.0 Å². The molecular formula is C16H24ClN3O. The number of carbonyl (C=O) groups excluding carboxylic acids is 1. The van der Waals surface area contributed by atoms with Gasteiger partial charge in [-0.3, -0.25) is 9.69 Å². The maximum Gasteiger partial charge on any atom is 0.238 e. The molecule has 2 rings (SSSR count). The maximum absolute atomic E-state index is 12.2. The SMILES string of the molecule is CCC1CN(CC(=O)Nc2cccc(Cl)c2C)CCC1N. The van der Waals surface area contributed by atoms with Crippen LogP contribution in [0.1, 0.15) is 25.3 Å². The number of benzene rings is 1. The lowest BCUT2D eigenvalue weighted by molar-refractivity contribution is -0.117. The molecule has 0 aliphatic carbocycles. The van der Waals surface area contributed by atoms with E-state index in [4.69, 9.17) is 17.3 Å². The number of anilines is 1. The normalized spacial score (nSPS) is 23.0. The zero-order valence-electron chi connectivity index (χ0n) is 12.7. The number of hydrogen-bond acceptors (Lipinski definition) is 3. The van der Waals surface area contributed by atoms with Gasteiger partial charge in [0.1, 0.15) is 0 Å². The molecule has 1 aliphatic rings. The lowest BCUT2D eigenvalue weighted by Crippen LogP contribution is -2.48. The fourth-order valence-corrected chi connectivity index (χ4v) is 3.01. The molecule has 1 heterocycles. The van der Waals surface area contributed by atoms with Crippen LogP contribution in [0.5, 0.6) is 0 Å². The van der Waals surface area contributed by atoms with Crippen LogP contribution in [0.25, 0.3) is 0 Å². The molecule has 1 aromatic rings. The van der Waals surface area contributed by atoms with Gasteiger partial charge in [0, 0.05) is 29.8 Å². The number of nitrogens with one attached hydrogen (secondary N) is 1. The van der Waals surface area contributed by atoms with E-state index in [1.807, 2.05) is 25.1 Å². The maximum atomic E-state index is 12.2. The molecule has 116 valence electrons. The van der Waals surface area contributed by atoms with Crippen molar-refractivity contribution in [2.24, 2.45) is 11.7 Å². The van der Waals surface area contributed by atoms with Crippen molar-refractivity contribution < 1.29 is 4.79 Å². The molecule has 1 aromatic carbocycles. The second-order valence-electron chi connectivity index (χ2n) is 5.82. The third-order valence-corrected chi connectivity index (χ3v) is 4.72. The molecule has 1 saturated heterocycles. The van der Waals surface area contributed by atoms with Gasteiger partial charge in [-0.2, -0.15) is 0 Å². The summed E-state index contributed by atoms with van der Waals surface area (Å²) in [4.78, 5) is 14.4. The van der Waals surface area contributed by atoms with Gasteiger partial charge in [0.2, 0.25) is 5.91 Å². The van der Waals surface area contributed by atoms with Crippen LogP contribution >= 0.6 is 11.6 Å². The van der Waals surface area contributed by atoms with E-state index in [0.717, 1.165) is 37.2 Å². The van der Waals surface area contributed by atoms with Crippen molar-refractivity contribution in [1.82, 2.24) is 4.90 Å². The van der Waals surface area contributed by atoms with Gasteiger partial charge in [0.15, 0.2) is 0 Å². The summed E-state index contributed by atoms with van der Waals surface area (Å²) in [6.07, 6.45) is 2.02. The first-order valence-corrected chi connectivity index (χ1v) is 7.92. The van der Waals surface area contributed by atoms with Crippen molar-refractivity contribution in [2.45, 2.75) is 32.7 Å². The lowest BCUT2D eigenvalue weighted by Gasteiger charge is -2.36. The second-order valence-corrected chi connectivity index (χ2v) is 6.22. The van der Waals surface area contributed by atoms with Crippen LogP contribution in [0.4, 0.5) is 5.69 Å². The minimum atomic E-state index is 0.00527. The molecule has 0 spiro atoms. The zero-order valence-corrected chi connectivity index (χ0v) is 13.5. The first kappa shape index (κ1) is 16.3. The highest BCUT2D eigenvalue weighted by atomic mass is 35.5. The van der Waals surface area contributed by atoms with Crippen LogP contribution in [0.15, 0.2) is 18.2 Å². The predicted octanol–water partition coefficient (Wildman–Crippen LogP) is 2.65. The van der Waals surface area contributed by atoms with Crippen LogP contribution in [-0.4, -0.2) is 36.5 Å². The second kappa shape index (κ2) is 7.25. The van der Waals surface area contributed by atoms with Crippen LogP contribution < -0.4 is 11.1 Å². The molecule has 1 fully saturated rings. The summed E-state index contributed by atoms with van der Waals surface area (Å²) in [5.41, 5.74) is 7.79. The Bertz CT molecular complexity index is 506. The van der Waals surface area contributed by atoms with E-state index in [1.54, 1.807) is 0 Å².